The van der Waals surface area contributed by atoms with E-state index in [1.807, 2.05) is 62.2 Å². The van der Waals surface area contributed by atoms with E-state index in [4.69, 9.17) is 4.52 Å². The highest BCUT2D eigenvalue weighted by atomic mass is 127. The van der Waals surface area contributed by atoms with Crippen LogP contribution in [-0.4, -0.2) is 45.7 Å². The lowest BCUT2D eigenvalue weighted by Crippen LogP contribution is -2.48. The number of nitrogens with zero attached hydrogens (tertiary/aromatic N) is 5. The number of guanidine groups is 1. The molecule has 1 aromatic carbocycles. The van der Waals surface area contributed by atoms with Crippen molar-refractivity contribution in [2.45, 2.75) is 25.9 Å². The van der Waals surface area contributed by atoms with Crippen LogP contribution in [0.5, 0.6) is 0 Å². The number of rotatable bonds is 4. The van der Waals surface area contributed by atoms with Gasteiger partial charge in [0.2, 0.25) is 0 Å². The van der Waals surface area contributed by atoms with Crippen molar-refractivity contribution in [1.29, 1.82) is 0 Å². The maximum atomic E-state index is 5.50. The summed E-state index contributed by atoms with van der Waals surface area (Å²) in [6, 6.07) is 12.4. The van der Waals surface area contributed by atoms with Gasteiger partial charge >= 0.3 is 0 Å². The molecule has 0 saturated carbocycles. The van der Waals surface area contributed by atoms with Gasteiger partial charge in [-0.3, -0.25) is 4.99 Å². The molecule has 2 aromatic heterocycles. The van der Waals surface area contributed by atoms with Crippen LogP contribution in [0.4, 0.5) is 0 Å². The molecule has 0 amide bonds. The number of aromatic nitrogens is 3. The van der Waals surface area contributed by atoms with E-state index in [0.29, 0.717) is 18.5 Å². The van der Waals surface area contributed by atoms with Gasteiger partial charge in [-0.2, -0.15) is 0 Å². The van der Waals surface area contributed by atoms with E-state index in [1.54, 1.807) is 0 Å². The number of hydrogen-bond donors (Lipinski definition) is 1. The van der Waals surface area contributed by atoms with Crippen LogP contribution in [0.25, 0.3) is 11.3 Å². The van der Waals surface area contributed by atoms with Gasteiger partial charge in [-0.1, -0.05) is 42.4 Å². The van der Waals surface area contributed by atoms with Gasteiger partial charge in [0.15, 0.2) is 11.7 Å². The minimum atomic E-state index is 0. The van der Waals surface area contributed by atoms with Crippen molar-refractivity contribution in [1.82, 2.24) is 24.9 Å². The van der Waals surface area contributed by atoms with E-state index >= 15 is 0 Å². The molecule has 8 heteroatoms. The predicted molar refractivity (Wildman–Crippen MR) is 124 cm³/mol. The summed E-state index contributed by atoms with van der Waals surface area (Å²) >= 11 is 0. The Kier molecular flexibility index (Phi) is 7.29. The van der Waals surface area contributed by atoms with Crippen LogP contribution in [-0.2, 0) is 6.54 Å². The van der Waals surface area contributed by atoms with Crippen molar-refractivity contribution in [2.75, 3.05) is 20.1 Å². The second-order valence-electron chi connectivity index (χ2n) is 7.23. The van der Waals surface area contributed by atoms with Gasteiger partial charge in [0.25, 0.3) is 0 Å². The van der Waals surface area contributed by atoms with E-state index in [2.05, 4.69) is 36.8 Å². The summed E-state index contributed by atoms with van der Waals surface area (Å²) in [5.74, 6) is 2.28. The zero-order valence-electron chi connectivity index (χ0n) is 16.7. The molecule has 0 aliphatic carbocycles. The largest absolute Gasteiger partial charge is 0.359 e. The first-order valence-electron chi connectivity index (χ1n) is 9.68. The Morgan fingerprint density at radius 3 is 2.86 bits per heavy atom. The summed E-state index contributed by atoms with van der Waals surface area (Å²) in [5, 5.41) is 7.60. The van der Waals surface area contributed by atoms with Crippen molar-refractivity contribution in [3.8, 4) is 11.3 Å². The maximum Gasteiger partial charge on any atom is 0.194 e. The molecule has 0 radical (unpaired) electrons. The Labute approximate surface area is 188 Å². The fraction of sp³-hybridized carbons (Fsp3) is 0.381. The van der Waals surface area contributed by atoms with Gasteiger partial charge in [-0.15, -0.1) is 24.0 Å². The molecule has 0 bridgehead atoms. The first-order chi connectivity index (χ1) is 13.7. The van der Waals surface area contributed by atoms with E-state index in [1.165, 1.54) is 0 Å². The Morgan fingerprint density at radius 2 is 2.14 bits per heavy atom. The SMILES string of the molecule is CN=C(NCc1cc(-c2ccccc2)no1)N1CCC(C)C(n2ccnc2)C1.I. The number of piperidine rings is 1. The lowest BCUT2D eigenvalue weighted by molar-refractivity contribution is 0.188. The van der Waals surface area contributed by atoms with E-state index in [0.717, 1.165) is 42.5 Å². The second kappa shape index (κ2) is 9.91. The molecule has 1 fully saturated rings. The standard InChI is InChI=1S/C21H26N6O.HI/c1-16-8-10-26(14-20(16)27-11-9-23-15-27)21(22-2)24-13-18-12-19(25-28-18)17-6-4-3-5-7-17;/h3-7,9,11-12,15-16,20H,8,10,13-14H2,1-2H3,(H,22,24);1H. The van der Waals surface area contributed by atoms with Crippen molar-refractivity contribution in [3.05, 3.63) is 60.9 Å². The zero-order valence-corrected chi connectivity index (χ0v) is 19.1. The summed E-state index contributed by atoms with van der Waals surface area (Å²) in [6.07, 6.45) is 6.90. The maximum absolute atomic E-state index is 5.50. The highest BCUT2D eigenvalue weighted by Crippen LogP contribution is 2.27. The molecule has 7 nitrogen and oxygen atoms in total. The third-order valence-electron chi connectivity index (χ3n) is 5.39. The van der Waals surface area contributed by atoms with Gasteiger partial charge in [0.1, 0.15) is 5.69 Å². The predicted octanol–water partition coefficient (Wildman–Crippen LogP) is 3.81. The summed E-state index contributed by atoms with van der Waals surface area (Å²) < 4.78 is 7.70. The number of benzene rings is 1. The summed E-state index contributed by atoms with van der Waals surface area (Å²) in [6.45, 7) is 4.74. The number of halogens is 1. The first-order valence-corrected chi connectivity index (χ1v) is 9.68. The second-order valence-corrected chi connectivity index (χ2v) is 7.23. The Morgan fingerprint density at radius 1 is 1.31 bits per heavy atom. The zero-order chi connectivity index (χ0) is 19.3. The molecular formula is C21H27IN6O. The van der Waals surface area contributed by atoms with Gasteiger partial charge < -0.3 is 19.3 Å². The van der Waals surface area contributed by atoms with Gasteiger partial charge in [0.05, 0.1) is 18.9 Å². The average Bonchev–Trinajstić information content (AvgIpc) is 3.42. The molecule has 4 rings (SSSR count). The molecule has 3 heterocycles. The van der Waals surface area contributed by atoms with Gasteiger partial charge in [0, 0.05) is 44.2 Å². The average molecular weight is 506 g/mol. The topological polar surface area (TPSA) is 71.5 Å². The summed E-state index contributed by atoms with van der Waals surface area (Å²) in [4.78, 5) is 11.0. The molecule has 29 heavy (non-hydrogen) atoms. The lowest BCUT2D eigenvalue weighted by atomic mass is 9.93. The molecule has 2 unspecified atom stereocenters. The van der Waals surface area contributed by atoms with Crippen LogP contribution in [0.15, 0.2) is 64.6 Å². The van der Waals surface area contributed by atoms with Crippen LogP contribution in [0.3, 0.4) is 0 Å². The Hall–Kier alpha value is -2.36. The number of imidazole rings is 1. The minimum Gasteiger partial charge on any atom is -0.359 e. The van der Waals surface area contributed by atoms with Gasteiger partial charge in [-0.05, 0) is 12.3 Å². The molecule has 1 saturated heterocycles. The molecule has 0 spiro atoms. The highest BCUT2D eigenvalue weighted by molar-refractivity contribution is 14.0. The normalized spacial score (nSPS) is 19.7. The molecule has 1 aliphatic heterocycles. The molecule has 2 atom stereocenters. The van der Waals surface area contributed by atoms with Crippen LogP contribution < -0.4 is 5.32 Å². The van der Waals surface area contributed by atoms with E-state index < -0.39 is 0 Å². The van der Waals surface area contributed by atoms with Crippen molar-refractivity contribution >= 4 is 29.9 Å². The third-order valence-corrected chi connectivity index (χ3v) is 5.39. The monoisotopic (exact) mass is 506 g/mol. The Balaban J connectivity index is 0.00000240. The van der Waals surface area contributed by atoms with Crippen molar-refractivity contribution in [3.63, 3.8) is 0 Å². The van der Waals surface area contributed by atoms with Crippen LogP contribution in [0, 0.1) is 5.92 Å². The van der Waals surface area contributed by atoms with E-state index in [-0.39, 0.29) is 24.0 Å². The molecule has 154 valence electrons. The van der Waals surface area contributed by atoms with Crippen LogP contribution >= 0.6 is 24.0 Å². The first kappa shape index (κ1) is 21.4. The van der Waals surface area contributed by atoms with Crippen molar-refractivity contribution < 1.29 is 4.52 Å². The van der Waals surface area contributed by atoms with Crippen molar-refractivity contribution in [2.24, 2.45) is 10.9 Å². The lowest BCUT2D eigenvalue weighted by Gasteiger charge is -2.39. The smallest absolute Gasteiger partial charge is 0.194 e. The number of nitrogens with one attached hydrogen (secondary N) is 1. The summed E-state index contributed by atoms with van der Waals surface area (Å²) in [5.41, 5.74) is 1.90. The van der Waals surface area contributed by atoms with Crippen LogP contribution in [0.1, 0.15) is 25.1 Å². The summed E-state index contributed by atoms with van der Waals surface area (Å²) in [7, 11) is 1.82. The number of hydrogen-bond acceptors (Lipinski definition) is 4. The molecular weight excluding hydrogens is 479 g/mol. The fourth-order valence-corrected chi connectivity index (χ4v) is 3.73. The third kappa shape index (κ3) is 4.98. The quantitative estimate of drug-likeness (QED) is 0.331. The van der Waals surface area contributed by atoms with Crippen LogP contribution in [0.2, 0.25) is 0 Å². The molecule has 1 aliphatic rings. The van der Waals surface area contributed by atoms with Gasteiger partial charge in [-0.25, -0.2) is 4.98 Å². The number of likely N-dealkylation sites (tertiary alicyclic amines) is 1. The fourth-order valence-electron chi connectivity index (χ4n) is 3.73. The Bertz CT molecular complexity index is 908. The molecule has 3 aromatic rings. The van der Waals surface area contributed by atoms with E-state index in [9.17, 15) is 0 Å². The highest BCUT2D eigenvalue weighted by Gasteiger charge is 2.28. The minimum absolute atomic E-state index is 0. The molecule has 1 N–H and O–H groups in total. The number of aliphatic imine (C=N–C) groups is 1.